The lowest BCUT2D eigenvalue weighted by Crippen LogP contribution is -2.62. The summed E-state index contributed by atoms with van der Waals surface area (Å²) in [7, 11) is 0. The smallest absolute Gasteiger partial charge is 0.229 e. The molecule has 0 aliphatic carbocycles. The molecule has 2 saturated heterocycles. The van der Waals surface area contributed by atoms with Crippen LogP contribution in [-0.4, -0.2) is 115 Å². The average molecular weight is 457 g/mol. The first-order valence-electron chi connectivity index (χ1n) is 10.2. The maximum absolute atomic E-state index is 10.3. The van der Waals surface area contributed by atoms with Crippen molar-refractivity contribution in [1.29, 1.82) is 0 Å². The van der Waals surface area contributed by atoms with Crippen LogP contribution in [0.25, 0.3) is 10.9 Å². The molecular weight excluding hydrogens is 430 g/mol. The molecule has 2 aliphatic rings. The van der Waals surface area contributed by atoms with Crippen LogP contribution in [-0.2, 0) is 14.2 Å². The predicted molar refractivity (Wildman–Crippen MR) is 105 cm³/mol. The highest BCUT2D eigenvalue weighted by atomic mass is 16.7. The summed E-state index contributed by atoms with van der Waals surface area (Å²) in [5.41, 5.74) is 0.788. The highest BCUT2D eigenvalue weighted by molar-refractivity contribution is 5.85. The van der Waals surface area contributed by atoms with Gasteiger partial charge in [0.25, 0.3) is 0 Å². The summed E-state index contributed by atoms with van der Waals surface area (Å²) in [4.78, 5) is 3.01. The number of rotatable bonds is 6. The lowest BCUT2D eigenvalue weighted by atomic mass is 9.98. The molecule has 12 heteroatoms. The van der Waals surface area contributed by atoms with Crippen LogP contribution in [0.15, 0.2) is 30.5 Å². The molecule has 0 radical (unpaired) electrons. The Kier molecular flexibility index (Phi) is 6.97. The molecule has 1 aromatic heterocycles. The van der Waals surface area contributed by atoms with E-state index in [9.17, 15) is 35.7 Å². The van der Waals surface area contributed by atoms with Crippen LogP contribution in [0.4, 0.5) is 0 Å². The molecule has 178 valence electrons. The van der Waals surface area contributed by atoms with Gasteiger partial charge in [0.05, 0.1) is 13.2 Å². The van der Waals surface area contributed by atoms with Crippen LogP contribution >= 0.6 is 0 Å². The topological polar surface area (TPSA) is 194 Å². The fraction of sp³-hybridized carbons (Fsp3) is 0.600. The lowest BCUT2D eigenvalue weighted by Gasteiger charge is -2.42. The number of H-pyrrole nitrogens is 1. The van der Waals surface area contributed by atoms with E-state index in [1.165, 1.54) is 0 Å². The molecule has 0 bridgehead atoms. The summed E-state index contributed by atoms with van der Waals surface area (Å²) < 4.78 is 22.0. The Hall–Kier alpha value is -1.84. The van der Waals surface area contributed by atoms with E-state index >= 15 is 0 Å². The molecule has 0 saturated carbocycles. The van der Waals surface area contributed by atoms with Gasteiger partial charge < -0.3 is 59.7 Å². The van der Waals surface area contributed by atoms with Crippen molar-refractivity contribution in [2.24, 2.45) is 0 Å². The monoisotopic (exact) mass is 457 g/mol. The molecule has 6 unspecified atom stereocenters. The fourth-order valence-corrected chi connectivity index (χ4v) is 3.81. The van der Waals surface area contributed by atoms with Gasteiger partial charge in [-0.3, -0.25) is 0 Å². The van der Waals surface area contributed by atoms with E-state index in [0.717, 1.165) is 10.9 Å². The highest BCUT2D eigenvalue weighted by Crippen LogP contribution is 2.30. The van der Waals surface area contributed by atoms with Crippen LogP contribution in [0.2, 0.25) is 0 Å². The van der Waals surface area contributed by atoms with Gasteiger partial charge in [0.1, 0.15) is 54.6 Å². The number of aromatic amines is 1. The molecule has 1 aromatic carbocycles. The SMILES string of the molecule is OCC1O[C@@H](OCC2O[C@@H](Oc3c[nH]c4ccccc34)C(O)C(O)[C@H]2O)C(O)C(O)[C@H]1O. The Morgan fingerprint density at radius 2 is 1.41 bits per heavy atom. The molecule has 0 amide bonds. The summed E-state index contributed by atoms with van der Waals surface area (Å²) in [6.45, 7) is -1.06. The van der Waals surface area contributed by atoms with E-state index in [-0.39, 0.29) is 0 Å². The van der Waals surface area contributed by atoms with Gasteiger partial charge in [-0.05, 0) is 12.1 Å². The minimum atomic E-state index is -1.64. The molecule has 3 heterocycles. The van der Waals surface area contributed by atoms with Crippen LogP contribution in [0.1, 0.15) is 0 Å². The molecular formula is C20H27NO11. The number of nitrogens with one attached hydrogen (secondary N) is 1. The second kappa shape index (κ2) is 9.57. The summed E-state index contributed by atoms with van der Waals surface area (Å²) in [5, 5.41) is 70.6. The molecule has 0 spiro atoms. The minimum Gasteiger partial charge on any atom is -0.460 e. The number of aliphatic hydroxyl groups is 7. The molecule has 2 aromatic rings. The predicted octanol–water partition coefficient (Wildman–Crippen LogP) is -2.83. The number of hydrogen-bond donors (Lipinski definition) is 8. The second-order valence-electron chi connectivity index (χ2n) is 7.86. The Balaban J connectivity index is 1.43. The second-order valence-corrected chi connectivity index (χ2v) is 7.86. The van der Waals surface area contributed by atoms with Crippen molar-refractivity contribution in [3.05, 3.63) is 30.5 Å². The Bertz CT molecular complexity index is 891. The van der Waals surface area contributed by atoms with Gasteiger partial charge >= 0.3 is 0 Å². The third-order valence-electron chi connectivity index (χ3n) is 5.74. The molecule has 12 nitrogen and oxygen atoms in total. The number of hydrogen-bond acceptors (Lipinski definition) is 11. The lowest BCUT2D eigenvalue weighted by molar-refractivity contribution is -0.323. The molecule has 32 heavy (non-hydrogen) atoms. The van der Waals surface area contributed by atoms with Gasteiger partial charge in [-0.25, -0.2) is 0 Å². The minimum absolute atomic E-state index is 0.363. The van der Waals surface area contributed by atoms with Crippen molar-refractivity contribution >= 4 is 10.9 Å². The third kappa shape index (κ3) is 4.34. The van der Waals surface area contributed by atoms with E-state index < -0.39 is 74.6 Å². The van der Waals surface area contributed by atoms with E-state index in [4.69, 9.17) is 18.9 Å². The first-order valence-corrected chi connectivity index (χ1v) is 10.2. The zero-order chi connectivity index (χ0) is 23.0. The zero-order valence-corrected chi connectivity index (χ0v) is 16.8. The van der Waals surface area contributed by atoms with Crippen LogP contribution in [0, 0.1) is 0 Å². The van der Waals surface area contributed by atoms with Gasteiger partial charge in [-0.2, -0.15) is 0 Å². The largest absolute Gasteiger partial charge is 0.460 e. The van der Waals surface area contributed by atoms with Gasteiger partial charge in [0.2, 0.25) is 6.29 Å². The maximum atomic E-state index is 10.3. The van der Waals surface area contributed by atoms with Gasteiger partial charge in [-0.1, -0.05) is 12.1 Å². The molecule has 2 aliphatic heterocycles. The van der Waals surface area contributed by atoms with E-state index in [1.54, 1.807) is 18.3 Å². The quantitative estimate of drug-likeness (QED) is 0.223. The zero-order valence-electron chi connectivity index (χ0n) is 16.8. The Morgan fingerprint density at radius 3 is 2.12 bits per heavy atom. The maximum Gasteiger partial charge on any atom is 0.229 e. The van der Waals surface area contributed by atoms with Crippen LogP contribution in [0.3, 0.4) is 0 Å². The standard InChI is InChI=1S/C20H27NO11/c22-6-11-13(23)15(25)17(27)19(31-11)29-7-12-14(24)16(26)18(28)20(32-12)30-10-5-21-9-4-2-1-3-8(9)10/h1-5,11-28H,6-7H2/t11?,12?,13-,14-,15?,16?,17?,18?,19+,20+/m0/s1. The van der Waals surface area contributed by atoms with Gasteiger partial charge in [0, 0.05) is 17.1 Å². The van der Waals surface area contributed by atoms with Crippen molar-refractivity contribution in [1.82, 2.24) is 4.98 Å². The van der Waals surface area contributed by atoms with Crippen molar-refractivity contribution < 1.29 is 54.7 Å². The van der Waals surface area contributed by atoms with Crippen molar-refractivity contribution in [3.63, 3.8) is 0 Å². The first kappa shape index (κ1) is 23.3. The number of aliphatic hydroxyl groups excluding tert-OH is 7. The number of aromatic nitrogens is 1. The van der Waals surface area contributed by atoms with Gasteiger partial charge in [0.15, 0.2) is 6.29 Å². The molecule has 4 rings (SSSR count). The Morgan fingerprint density at radius 1 is 0.781 bits per heavy atom. The van der Waals surface area contributed by atoms with E-state index in [1.807, 2.05) is 12.1 Å². The number of para-hydroxylation sites is 1. The summed E-state index contributed by atoms with van der Waals surface area (Å²) in [6.07, 6.45) is -13.2. The normalized spacial score (nSPS) is 40.5. The highest BCUT2D eigenvalue weighted by Gasteiger charge is 2.47. The third-order valence-corrected chi connectivity index (χ3v) is 5.74. The first-order chi connectivity index (χ1) is 15.3. The number of benzene rings is 1. The van der Waals surface area contributed by atoms with E-state index in [2.05, 4.69) is 4.98 Å². The van der Waals surface area contributed by atoms with E-state index in [0.29, 0.717) is 5.75 Å². The van der Waals surface area contributed by atoms with Crippen molar-refractivity contribution in [2.45, 2.75) is 61.4 Å². The Labute approximate surface area is 182 Å². The molecule has 10 atom stereocenters. The fourth-order valence-electron chi connectivity index (χ4n) is 3.81. The van der Waals surface area contributed by atoms with Crippen molar-refractivity contribution in [2.75, 3.05) is 13.2 Å². The summed E-state index contributed by atoms with van der Waals surface area (Å²) >= 11 is 0. The van der Waals surface area contributed by atoms with Gasteiger partial charge in [-0.15, -0.1) is 0 Å². The molecule has 8 N–H and O–H groups in total. The molecule has 2 fully saturated rings. The summed E-state index contributed by atoms with van der Waals surface area (Å²) in [5.74, 6) is 0.363. The number of fused-ring (bicyclic) bond motifs is 1. The average Bonchev–Trinajstić information content (AvgIpc) is 3.21. The van der Waals surface area contributed by atoms with Crippen LogP contribution < -0.4 is 4.74 Å². The number of ether oxygens (including phenoxy) is 4. The summed E-state index contributed by atoms with van der Waals surface area (Å²) in [6, 6.07) is 7.26. The van der Waals surface area contributed by atoms with Crippen LogP contribution in [0.5, 0.6) is 5.75 Å². The van der Waals surface area contributed by atoms with Crippen molar-refractivity contribution in [3.8, 4) is 5.75 Å².